The Morgan fingerprint density at radius 1 is 1.16 bits per heavy atom. The van der Waals surface area contributed by atoms with E-state index in [0.717, 1.165) is 26.1 Å². The van der Waals surface area contributed by atoms with Crippen LogP contribution in [0.1, 0.15) is 40.5 Å². The second kappa shape index (κ2) is 6.52. The van der Waals surface area contributed by atoms with E-state index in [1.807, 2.05) is 6.92 Å². The SMILES string of the molecule is CCC1(CC[Si](CC)(OC(C)=O)OC(C)=O)COC1. The molecule has 0 spiro atoms. The van der Waals surface area contributed by atoms with Gasteiger partial charge in [-0.3, -0.25) is 9.59 Å². The van der Waals surface area contributed by atoms with Gasteiger partial charge < -0.3 is 13.6 Å². The average Bonchev–Trinajstić information content (AvgIpc) is 2.26. The highest BCUT2D eigenvalue weighted by Gasteiger charge is 2.46. The lowest BCUT2D eigenvalue weighted by Crippen LogP contribution is -2.48. The van der Waals surface area contributed by atoms with Gasteiger partial charge in [0.05, 0.1) is 13.2 Å². The van der Waals surface area contributed by atoms with Crippen LogP contribution in [0.25, 0.3) is 0 Å². The summed E-state index contributed by atoms with van der Waals surface area (Å²) in [4.78, 5) is 22.5. The largest absolute Gasteiger partial charge is 0.485 e. The summed E-state index contributed by atoms with van der Waals surface area (Å²) in [5.74, 6) is -0.740. The summed E-state index contributed by atoms with van der Waals surface area (Å²) in [5, 5.41) is 0. The van der Waals surface area contributed by atoms with Gasteiger partial charge in [-0.25, -0.2) is 0 Å². The zero-order valence-corrected chi connectivity index (χ0v) is 13.3. The van der Waals surface area contributed by atoms with E-state index in [1.165, 1.54) is 13.8 Å². The first-order valence-electron chi connectivity index (χ1n) is 6.84. The fraction of sp³-hybridized carbons (Fsp3) is 0.846. The highest BCUT2D eigenvalue weighted by molar-refractivity contribution is 6.70. The Hall–Kier alpha value is -0.883. The fourth-order valence-corrected chi connectivity index (χ4v) is 5.19. The molecule has 0 bridgehead atoms. The molecule has 0 N–H and O–H groups in total. The predicted molar refractivity (Wildman–Crippen MR) is 72.7 cm³/mol. The standard InChI is InChI=1S/C13H24O5Si/c1-5-13(9-16-10-13)7-8-19(6-2,17-11(3)14)18-12(4)15/h5-10H2,1-4H3. The van der Waals surface area contributed by atoms with Crippen molar-refractivity contribution in [3.63, 3.8) is 0 Å². The Morgan fingerprint density at radius 2 is 1.68 bits per heavy atom. The van der Waals surface area contributed by atoms with Crippen LogP contribution in [0.2, 0.25) is 12.1 Å². The van der Waals surface area contributed by atoms with E-state index < -0.39 is 8.56 Å². The van der Waals surface area contributed by atoms with Gasteiger partial charge >= 0.3 is 8.56 Å². The van der Waals surface area contributed by atoms with Crippen molar-refractivity contribution in [2.45, 2.75) is 52.6 Å². The van der Waals surface area contributed by atoms with Crippen molar-refractivity contribution in [1.82, 2.24) is 0 Å². The van der Waals surface area contributed by atoms with Crippen molar-refractivity contribution in [2.75, 3.05) is 13.2 Å². The van der Waals surface area contributed by atoms with E-state index in [2.05, 4.69) is 6.92 Å². The summed E-state index contributed by atoms with van der Waals surface area (Å²) in [5.41, 5.74) is 0.174. The number of carbonyl (C=O) groups is 2. The van der Waals surface area contributed by atoms with Crippen molar-refractivity contribution < 1.29 is 23.2 Å². The molecule has 1 saturated heterocycles. The third-order valence-electron chi connectivity index (χ3n) is 3.80. The van der Waals surface area contributed by atoms with Crippen LogP contribution < -0.4 is 0 Å². The molecule has 0 aliphatic carbocycles. The summed E-state index contributed by atoms with van der Waals surface area (Å²) >= 11 is 0. The Balaban J connectivity index is 2.71. The topological polar surface area (TPSA) is 61.8 Å². The molecule has 19 heavy (non-hydrogen) atoms. The smallest absolute Gasteiger partial charge is 0.463 e. The van der Waals surface area contributed by atoms with Crippen LogP contribution in [0.5, 0.6) is 0 Å². The van der Waals surface area contributed by atoms with Crippen LogP contribution in [0.4, 0.5) is 0 Å². The van der Waals surface area contributed by atoms with Gasteiger partial charge in [0.2, 0.25) is 0 Å². The monoisotopic (exact) mass is 288 g/mol. The van der Waals surface area contributed by atoms with E-state index in [0.29, 0.717) is 12.1 Å². The van der Waals surface area contributed by atoms with Crippen LogP contribution in [-0.4, -0.2) is 33.7 Å². The Kier molecular flexibility index (Phi) is 5.55. The van der Waals surface area contributed by atoms with Crippen LogP contribution in [0, 0.1) is 5.41 Å². The molecule has 5 nitrogen and oxygen atoms in total. The van der Waals surface area contributed by atoms with E-state index in [4.69, 9.17) is 13.6 Å². The lowest BCUT2D eigenvalue weighted by molar-refractivity contribution is -0.139. The van der Waals surface area contributed by atoms with Crippen molar-refractivity contribution in [3.05, 3.63) is 0 Å². The number of rotatable bonds is 7. The molecule has 6 heteroatoms. The third-order valence-corrected chi connectivity index (χ3v) is 7.21. The van der Waals surface area contributed by atoms with Gasteiger partial charge in [0.1, 0.15) is 0 Å². The van der Waals surface area contributed by atoms with Crippen molar-refractivity contribution in [3.8, 4) is 0 Å². The molecule has 110 valence electrons. The molecular formula is C13H24O5Si. The van der Waals surface area contributed by atoms with E-state index in [1.54, 1.807) is 0 Å². The predicted octanol–water partition coefficient (Wildman–Crippen LogP) is 2.39. The minimum Gasteiger partial charge on any atom is -0.485 e. The minimum atomic E-state index is -2.76. The Morgan fingerprint density at radius 3 is 1.95 bits per heavy atom. The summed E-state index contributed by atoms with van der Waals surface area (Å²) in [7, 11) is -2.76. The molecule has 0 aromatic rings. The summed E-state index contributed by atoms with van der Waals surface area (Å²) in [6.07, 6.45) is 1.91. The highest BCUT2D eigenvalue weighted by atomic mass is 28.4. The van der Waals surface area contributed by atoms with Crippen LogP contribution >= 0.6 is 0 Å². The molecule has 0 unspecified atom stereocenters. The van der Waals surface area contributed by atoms with Gasteiger partial charge in [-0.15, -0.1) is 0 Å². The zero-order chi connectivity index (χ0) is 14.5. The molecule has 1 fully saturated rings. The van der Waals surface area contributed by atoms with E-state index in [9.17, 15) is 9.59 Å². The molecule has 1 aliphatic heterocycles. The van der Waals surface area contributed by atoms with Crippen molar-refractivity contribution in [1.29, 1.82) is 0 Å². The summed E-state index contributed by atoms with van der Waals surface area (Å²) in [6.45, 7) is 8.27. The molecule has 0 amide bonds. The van der Waals surface area contributed by atoms with Crippen LogP contribution in [0.3, 0.4) is 0 Å². The molecule has 0 radical (unpaired) electrons. The molecule has 0 aromatic heterocycles. The molecule has 1 aliphatic rings. The van der Waals surface area contributed by atoms with Crippen LogP contribution in [-0.2, 0) is 23.2 Å². The fourth-order valence-electron chi connectivity index (χ4n) is 2.34. The maximum absolute atomic E-state index is 11.3. The normalized spacial score (nSPS) is 17.5. The lowest BCUT2D eigenvalue weighted by Gasteiger charge is -2.42. The first-order chi connectivity index (χ1) is 8.87. The number of ether oxygens (including phenoxy) is 1. The van der Waals surface area contributed by atoms with Gasteiger partial charge in [-0.2, -0.15) is 0 Å². The molecule has 0 saturated carbocycles. The quantitative estimate of drug-likeness (QED) is 0.673. The number of carbonyl (C=O) groups excluding carboxylic acids is 2. The van der Waals surface area contributed by atoms with Crippen molar-refractivity contribution >= 4 is 20.5 Å². The second-order valence-electron chi connectivity index (χ2n) is 5.30. The first-order valence-corrected chi connectivity index (χ1v) is 9.07. The molecule has 0 atom stereocenters. The first kappa shape index (κ1) is 16.2. The second-order valence-corrected chi connectivity index (χ2v) is 8.73. The Labute approximate surface area is 115 Å². The van der Waals surface area contributed by atoms with Gasteiger partial charge in [0.15, 0.2) is 0 Å². The maximum atomic E-state index is 11.3. The molecule has 1 rings (SSSR count). The average molecular weight is 288 g/mol. The third kappa shape index (κ3) is 4.31. The van der Waals surface area contributed by atoms with Gasteiger partial charge in [-0.05, 0) is 12.8 Å². The van der Waals surface area contributed by atoms with Gasteiger partial charge in [-0.1, -0.05) is 13.8 Å². The van der Waals surface area contributed by atoms with E-state index in [-0.39, 0.29) is 17.4 Å². The minimum absolute atomic E-state index is 0.174. The van der Waals surface area contributed by atoms with Gasteiger partial charge in [0.25, 0.3) is 11.9 Å². The molecular weight excluding hydrogens is 264 g/mol. The summed E-state index contributed by atoms with van der Waals surface area (Å²) in [6, 6.07) is 1.24. The molecule has 1 heterocycles. The highest BCUT2D eigenvalue weighted by Crippen LogP contribution is 2.39. The lowest BCUT2D eigenvalue weighted by atomic mass is 9.81. The summed E-state index contributed by atoms with van der Waals surface area (Å²) < 4.78 is 16.1. The zero-order valence-electron chi connectivity index (χ0n) is 12.3. The van der Waals surface area contributed by atoms with Gasteiger partial charge in [0, 0.05) is 31.4 Å². The van der Waals surface area contributed by atoms with E-state index >= 15 is 0 Å². The van der Waals surface area contributed by atoms with Crippen molar-refractivity contribution in [2.24, 2.45) is 5.41 Å². The Bertz CT molecular complexity index is 316. The van der Waals surface area contributed by atoms with Crippen LogP contribution in [0.15, 0.2) is 0 Å². The maximum Gasteiger partial charge on any atom is 0.463 e. The molecule has 0 aromatic carbocycles. The number of hydrogen-bond donors (Lipinski definition) is 0. The number of hydrogen-bond acceptors (Lipinski definition) is 5.